The van der Waals surface area contributed by atoms with Gasteiger partial charge in [-0.25, -0.2) is 4.68 Å². The SMILES string of the molecule is COCCn1cc(C(=O)c2cccc(C(F)(F)F)c2)nn1. The molecule has 0 amide bonds. The summed E-state index contributed by atoms with van der Waals surface area (Å²) in [5.41, 5.74) is -0.964. The third kappa shape index (κ3) is 3.66. The van der Waals surface area contributed by atoms with E-state index < -0.39 is 17.5 Å². The Morgan fingerprint density at radius 1 is 1.38 bits per heavy atom. The average Bonchev–Trinajstić information content (AvgIpc) is 2.92. The van der Waals surface area contributed by atoms with Crippen LogP contribution in [0.5, 0.6) is 0 Å². The summed E-state index contributed by atoms with van der Waals surface area (Å²) < 4.78 is 44.1. The Balaban J connectivity index is 2.22. The number of halogens is 3. The fourth-order valence-electron chi connectivity index (χ4n) is 1.68. The molecule has 0 spiro atoms. The number of hydrogen-bond acceptors (Lipinski definition) is 4. The van der Waals surface area contributed by atoms with Gasteiger partial charge in [0.2, 0.25) is 5.78 Å². The summed E-state index contributed by atoms with van der Waals surface area (Å²) in [6, 6.07) is 4.21. The van der Waals surface area contributed by atoms with Crippen LogP contribution in [0.4, 0.5) is 13.2 Å². The summed E-state index contributed by atoms with van der Waals surface area (Å²) in [4.78, 5) is 12.1. The number of benzene rings is 1. The van der Waals surface area contributed by atoms with Crippen molar-refractivity contribution in [1.29, 1.82) is 0 Å². The Hall–Kier alpha value is -2.22. The number of rotatable bonds is 5. The molecule has 1 aromatic carbocycles. The first-order chi connectivity index (χ1) is 9.91. The summed E-state index contributed by atoms with van der Waals surface area (Å²) in [6.07, 6.45) is -3.12. The summed E-state index contributed by atoms with van der Waals surface area (Å²) in [5, 5.41) is 7.38. The number of ketones is 1. The first-order valence-electron chi connectivity index (χ1n) is 6.03. The Kier molecular flexibility index (Phi) is 4.37. The van der Waals surface area contributed by atoms with Gasteiger partial charge in [0.1, 0.15) is 0 Å². The van der Waals surface area contributed by atoms with E-state index in [2.05, 4.69) is 10.3 Å². The van der Waals surface area contributed by atoms with Gasteiger partial charge in [-0.1, -0.05) is 17.3 Å². The van der Waals surface area contributed by atoms with Crippen molar-refractivity contribution in [3.63, 3.8) is 0 Å². The van der Waals surface area contributed by atoms with Crippen molar-refractivity contribution in [2.75, 3.05) is 13.7 Å². The van der Waals surface area contributed by atoms with Crippen LogP contribution in [-0.4, -0.2) is 34.5 Å². The number of hydrogen-bond donors (Lipinski definition) is 0. The molecule has 0 radical (unpaired) electrons. The number of carbonyl (C=O) groups is 1. The molecule has 1 aromatic heterocycles. The lowest BCUT2D eigenvalue weighted by Crippen LogP contribution is -2.08. The molecular formula is C13H12F3N3O2. The minimum Gasteiger partial charge on any atom is -0.383 e. The molecule has 0 unspecified atom stereocenters. The first-order valence-corrected chi connectivity index (χ1v) is 6.03. The average molecular weight is 299 g/mol. The molecule has 0 atom stereocenters. The van der Waals surface area contributed by atoms with Crippen molar-refractivity contribution in [3.05, 3.63) is 47.3 Å². The summed E-state index contributed by atoms with van der Waals surface area (Å²) in [7, 11) is 1.52. The lowest BCUT2D eigenvalue weighted by molar-refractivity contribution is -0.137. The monoisotopic (exact) mass is 299 g/mol. The minimum atomic E-state index is -4.49. The highest BCUT2D eigenvalue weighted by molar-refractivity contribution is 6.07. The fraction of sp³-hybridized carbons (Fsp3) is 0.308. The molecular weight excluding hydrogens is 287 g/mol. The van der Waals surface area contributed by atoms with Gasteiger partial charge >= 0.3 is 6.18 Å². The van der Waals surface area contributed by atoms with E-state index in [4.69, 9.17) is 4.74 Å². The second-order valence-electron chi connectivity index (χ2n) is 4.27. The Labute approximate surface area is 118 Å². The van der Waals surface area contributed by atoms with Gasteiger partial charge in [0, 0.05) is 12.7 Å². The molecule has 5 nitrogen and oxygen atoms in total. The van der Waals surface area contributed by atoms with Crippen LogP contribution < -0.4 is 0 Å². The van der Waals surface area contributed by atoms with Crippen LogP contribution in [0.1, 0.15) is 21.6 Å². The van der Waals surface area contributed by atoms with E-state index in [-0.39, 0.29) is 11.3 Å². The lowest BCUT2D eigenvalue weighted by Gasteiger charge is -2.07. The molecule has 2 aromatic rings. The number of aromatic nitrogens is 3. The van der Waals surface area contributed by atoms with Gasteiger partial charge in [0.25, 0.3) is 0 Å². The number of nitrogens with zero attached hydrogens (tertiary/aromatic N) is 3. The van der Waals surface area contributed by atoms with E-state index in [9.17, 15) is 18.0 Å². The number of carbonyl (C=O) groups excluding carboxylic acids is 1. The molecule has 1 heterocycles. The van der Waals surface area contributed by atoms with E-state index >= 15 is 0 Å². The van der Waals surface area contributed by atoms with Crippen molar-refractivity contribution in [1.82, 2.24) is 15.0 Å². The van der Waals surface area contributed by atoms with Gasteiger partial charge in [0.05, 0.1) is 24.9 Å². The minimum absolute atomic E-state index is 0.00886. The van der Waals surface area contributed by atoms with Gasteiger partial charge in [-0.3, -0.25) is 4.79 Å². The van der Waals surface area contributed by atoms with Crippen molar-refractivity contribution in [2.45, 2.75) is 12.7 Å². The molecule has 0 aliphatic rings. The number of methoxy groups -OCH3 is 1. The van der Waals surface area contributed by atoms with Gasteiger partial charge in [-0.15, -0.1) is 5.10 Å². The first kappa shape index (κ1) is 15.2. The molecule has 112 valence electrons. The normalized spacial score (nSPS) is 11.6. The summed E-state index contributed by atoms with van der Waals surface area (Å²) >= 11 is 0. The van der Waals surface area contributed by atoms with Gasteiger partial charge in [-0.05, 0) is 12.1 Å². The highest BCUT2D eigenvalue weighted by atomic mass is 19.4. The maximum absolute atomic E-state index is 12.6. The van der Waals surface area contributed by atoms with Crippen LogP contribution in [-0.2, 0) is 17.5 Å². The van der Waals surface area contributed by atoms with Crippen LogP contribution in [0.2, 0.25) is 0 Å². The highest BCUT2D eigenvalue weighted by Crippen LogP contribution is 2.29. The molecule has 0 fully saturated rings. The molecule has 0 aliphatic heterocycles. The summed E-state index contributed by atoms with van der Waals surface area (Å²) in [6.45, 7) is 0.792. The second-order valence-corrected chi connectivity index (χ2v) is 4.27. The maximum atomic E-state index is 12.6. The molecule has 21 heavy (non-hydrogen) atoms. The summed E-state index contributed by atoms with van der Waals surface area (Å²) in [5.74, 6) is -0.607. The Bertz CT molecular complexity index is 638. The highest BCUT2D eigenvalue weighted by Gasteiger charge is 2.31. The smallest absolute Gasteiger partial charge is 0.383 e. The quantitative estimate of drug-likeness (QED) is 0.794. The van der Waals surface area contributed by atoms with Crippen LogP contribution >= 0.6 is 0 Å². The zero-order valence-corrected chi connectivity index (χ0v) is 11.1. The van der Waals surface area contributed by atoms with Crippen LogP contribution in [0.25, 0.3) is 0 Å². The molecule has 0 saturated heterocycles. The number of alkyl halides is 3. The molecule has 2 rings (SSSR count). The lowest BCUT2D eigenvalue weighted by atomic mass is 10.1. The topological polar surface area (TPSA) is 57.0 Å². The van der Waals surface area contributed by atoms with Crippen LogP contribution in [0, 0.1) is 0 Å². The van der Waals surface area contributed by atoms with E-state index in [1.54, 1.807) is 0 Å². The molecule has 0 saturated carbocycles. The number of ether oxygens (including phenoxy) is 1. The zero-order valence-electron chi connectivity index (χ0n) is 11.1. The van der Waals surface area contributed by atoms with Gasteiger partial charge in [0.15, 0.2) is 5.69 Å². The predicted molar refractivity (Wildman–Crippen MR) is 66.8 cm³/mol. The zero-order chi connectivity index (χ0) is 15.5. The van der Waals surface area contributed by atoms with Gasteiger partial charge < -0.3 is 4.74 Å². The maximum Gasteiger partial charge on any atom is 0.416 e. The Morgan fingerprint density at radius 2 is 2.14 bits per heavy atom. The van der Waals surface area contributed by atoms with E-state index in [0.29, 0.717) is 13.2 Å². The van der Waals surface area contributed by atoms with Crippen molar-refractivity contribution < 1.29 is 22.7 Å². The van der Waals surface area contributed by atoms with Crippen LogP contribution in [0.15, 0.2) is 30.5 Å². The molecule has 0 bridgehead atoms. The predicted octanol–water partition coefficient (Wildman–Crippen LogP) is 2.17. The standard InChI is InChI=1S/C13H12F3N3O2/c1-21-6-5-19-8-11(17-18-19)12(20)9-3-2-4-10(7-9)13(14,15)16/h2-4,7-8H,5-6H2,1H3. The van der Waals surface area contributed by atoms with Crippen molar-refractivity contribution in [3.8, 4) is 0 Å². The third-order valence-electron chi connectivity index (χ3n) is 2.75. The van der Waals surface area contributed by atoms with Gasteiger partial charge in [-0.2, -0.15) is 13.2 Å². The van der Waals surface area contributed by atoms with E-state index in [1.165, 1.54) is 30.1 Å². The second kappa shape index (κ2) is 6.04. The largest absolute Gasteiger partial charge is 0.416 e. The fourth-order valence-corrected chi connectivity index (χ4v) is 1.68. The third-order valence-corrected chi connectivity index (χ3v) is 2.75. The molecule has 0 N–H and O–H groups in total. The van der Waals surface area contributed by atoms with Crippen molar-refractivity contribution in [2.24, 2.45) is 0 Å². The molecule has 8 heteroatoms. The van der Waals surface area contributed by atoms with E-state index in [0.717, 1.165) is 12.1 Å². The van der Waals surface area contributed by atoms with E-state index in [1.807, 2.05) is 0 Å². The van der Waals surface area contributed by atoms with Crippen molar-refractivity contribution >= 4 is 5.78 Å². The molecule has 0 aliphatic carbocycles. The van der Waals surface area contributed by atoms with Crippen LogP contribution in [0.3, 0.4) is 0 Å². The Morgan fingerprint density at radius 3 is 2.81 bits per heavy atom.